The Morgan fingerprint density at radius 1 is 1.07 bits per heavy atom. The Bertz CT molecular complexity index is 990. The van der Waals surface area contributed by atoms with Crippen LogP contribution >= 0.6 is 0 Å². The minimum absolute atomic E-state index is 0.000952. The van der Waals surface area contributed by atoms with Crippen LogP contribution in [0.15, 0.2) is 47.4 Å². The Kier molecular flexibility index (Phi) is 7.07. The van der Waals surface area contributed by atoms with E-state index in [-0.39, 0.29) is 4.90 Å². The summed E-state index contributed by atoms with van der Waals surface area (Å²) < 4.78 is 31.7. The second-order valence-electron chi connectivity index (χ2n) is 5.81. The summed E-state index contributed by atoms with van der Waals surface area (Å²) in [4.78, 5) is 34.8. The Morgan fingerprint density at radius 3 is 2.43 bits per heavy atom. The quantitative estimate of drug-likeness (QED) is 0.585. The summed E-state index contributed by atoms with van der Waals surface area (Å²) in [5.41, 5.74) is 0. The van der Waals surface area contributed by atoms with Crippen molar-refractivity contribution in [1.82, 2.24) is 15.4 Å². The zero-order valence-electron chi connectivity index (χ0n) is 15.4. The average Bonchev–Trinajstić information content (AvgIpc) is 2.66. The van der Waals surface area contributed by atoms with Gasteiger partial charge in [-0.15, -0.1) is 0 Å². The number of ether oxygens (including phenoxy) is 1. The lowest BCUT2D eigenvalue weighted by Gasteiger charge is -2.13. The fourth-order valence-electron chi connectivity index (χ4n) is 2.28. The number of esters is 1. The standard InChI is InChI=1S/C18H21N3O6S/c1-3-19-18(24)21-17(23)12(2)27-16(22)11-20-28(25,26)15-9-8-13-6-4-5-7-14(13)10-15/h4-10,12,20H,3,11H2,1-2H3,(H2,19,21,23,24)/t12-/m1/s1. The van der Waals surface area contributed by atoms with Crippen molar-refractivity contribution in [3.8, 4) is 0 Å². The van der Waals surface area contributed by atoms with E-state index in [0.29, 0.717) is 6.54 Å². The molecule has 9 nitrogen and oxygen atoms in total. The Labute approximate surface area is 162 Å². The number of nitrogens with one attached hydrogen (secondary N) is 3. The molecule has 0 saturated heterocycles. The minimum atomic E-state index is -3.94. The summed E-state index contributed by atoms with van der Waals surface area (Å²) >= 11 is 0. The number of urea groups is 1. The molecule has 0 aliphatic carbocycles. The molecule has 10 heteroatoms. The first-order valence-corrected chi connectivity index (χ1v) is 9.98. The smallest absolute Gasteiger partial charge is 0.321 e. The number of carbonyl (C=O) groups is 3. The molecule has 0 saturated carbocycles. The Morgan fingerprint density at radius 2 is 1.75 bits per heavy atom. The number of sulfonamides is 1. The molecular formula is C18H21N3O6S. The van der Waals surface area contributed by atoms with Gasteiger partial charge in [0, 0.05) is 6.54 Å². The summed E-state index contributed by atoms with van der Waals surface area (Å²) in [5.74, 6) is -1.78. The highest BCUT2D eigenvalue weighted by Crippen LogP contribution is 2.18. The van der Waals surface area contributed by atoms with Crippen molar-refractivity contribution in [2.45, 2.75) is 24.8 Å². The molecule has 0 aliphatic rings. The lowest BCUT2D eigenvalue weighted by molar-refractivity contribution is -0.153. The first kappa shape index (κ1) is 21.3. The fourth-order valence-corrected chi connectivity index (χ4v) is 3.29. The summed E-state index contributed by atoms with van der Waals surface area (Å²) in [6.07, 6.45) is -1.26. The molecule has 0 heterocycles. The third kappa shape index (κ3) is 5.76. The number of rotatable bonds is 7. The maximum absolute atomic E-state index is 12.4. The zero-order chi connectivity index (χ0) is 20.7. The van der Waals surface area contributed by atoms with Gasteiger partial charge in [-0.05, 0) is 36.8 Å². The van der Waals surface area contributed by atoms with Crippen molar-refractivity contribution in [3.05, 3.63) is 42.5 Å². The van der Waals surface area contributed by atoms with Crippen LogP contribution in [0.25, 0.3) is 10.8 Å². The largest absolute Gasteiger partial charge is 0.452 e. The van der Waals surface area contributed by atoms with Crippen molar-refractivity contribution in [1.29, 1.82) is 0 Å². The van der Waals surface area contributed by atoms with E-state index >= 15 is 0 Å². The molecule has 0 bridgehead atoms. The molecule has 2 rings (SSSR count). The van der Waals surface area contributed by atoms with Crippen molar-refractivity contribution < 1.29 is 27.5 Å². The molecule has 2 aromatic rings. The maximum atomic E-state index is 12.4. The number of carbonyl (C=O) groups excluding carboxylic acids is 3. The van der Waals surface area contributed by atoms with Crippen LogP contribution in [0.3, 0.4) is 0 Å². The number of amides is 3. The van der Waals surface area contributed by atoms with Gasteiger partial charge in [0.25, 0.3) is 5.91 Å². The molecule has 150 valence electrons. The van der Waals surface area contributed by atoms with Crippen LogP contribution in [0.2, 0.25) is 0 Å². The number of hydrogen-bond acceptors (Lipinski definition) is 6. The molecule has 0 aliphatic heterocycles. The second-order valence-corrected chi connectivity index (χ2v) is 7.58. The first-order chi connectivity index (χ1) is 13.2. The van der Waals surface area contributed by atoms with Gasteiger partial charge >= 0.3 is 12.0 Å². The van der Waals surface area contributed by atoms with E-state index in [2.05, 4.69) is 10.0 Å². The van der Waals surface area contributed by atoms with E-state index in [0.717, 1.165) is 10.8 Å². The summed E-state index contributed by atoms with van der Waals surface area (Å²) in [7, 11) is -3.94. The molecule has 0 spiro atoms. The normalized spacial score (nSPS) is 12.2. The Hall–Kier alpha value is -2.98. The van der Waals surface area contributed by atoms with Gasteiger partial charge in [0.05, 0.1) is 4.90 Å². The molecule has 0 aromatic heterocycles. The highest BCUT2D eigenvalue weighted by Gasteiger charge is 2.22. The van der Waals surface area contributed by atoms with Crippen LogP contribution in [-0.4, -0.2) is 45.5 Å². The topological polar surface area (TPSA) is 131 Å². The van der Waals surface area contributed by atoms with Gasteiger partial charge in [-0.2, -0.15) is 4.72 Å². The van der Waals surface area contributed by atoms with Gasteiger partial charge in [0.1, 0.15) is 6.54 Å². The van der Waals surface area contributed by atoms with Crippen LogP contribution in [0.4, 0.5) is 4.79 Å². The van der Waals surface area contributed by atoms with Crippen molar-refractivity contribution in [3.63, 3.8) is 0 Å². The Balaban J connectivity index is 1.93. The minimum Gasteiger partial charge on any atom is -0.452 e. The highest BCUT2D eigenvalue weighted by atomic mass is 32.2. The van der Waals surface area contributed by atoms with Crippen LogP contribution in [0.1, 0.15) is 13.8 Å². The average molecular weight is 407 g/mol. The number of hydrogen-bond donors (Lipinski definition) is 3. The van der Waals surface area contributed by atoms with Gasteiger partial charge in [-0.1, -0.05) is 30.3 Å². The van der Waals surface area contributed by atoms with E-state index in [1.165, 1.54) is 19.1 Å². The summed E-state index contributed by atoms with van der Waals surface area (Å²) in [6, 6.07) is 11.1. The van der Waals surface area contributed by atoms with Gasteiger partial charge in [-0.25, -0.2) is 13.2 Å². The highest BCUT2D eigenvalue weighted by molar-refractivity contribution is 7.89. The van der Waals surface area contributed by atoms with E-state index in [1.54, 1.807) is 25.1 Å². The first-order valence-electron chi connectivity index (χ1n) is 8.49. The van der Waals surface area contributed by atoms with Crippen LogP contribution in [-0.2, 0) is 24.3 Å². The zero-order valence-corrected chi connectivity index (χ0v) is 16.2. The molecule has 1 atom stereocenters. The van der Waals surface area contributed by atoms with E-state index < -0.39 is 40.6 Å². The predicted molar refractivity (Wildman–Crippen MR) is 102 cm³/mol. The van der Waals surface area contributed by atoms with Crippen LogP contribution < -0.4 is 15.4 Å². The number of benzene rings is 2. The van der Waals surface area contributed by atoms with Crippen LogP contribution in [0, 0.1) is 0 Å². The lowest BCUT2D eigenvalue weighted by atomic mass is 10.1. The van der Waals surface area contributed by atoms with Crippen molar-refractivity contribution in [2.75, 3.05) is 13.1 Å². The third-order valence-corrected chi connectivity index (χ3v) is 5.09. The second kappa shape index (κ2) is 9.29. The number of imide groups is 1. The van der Waals surface area contributed by atoms with Crippen molar-refractivity contribution in [2.24, 2.45) is 0 Å². The molecular weight excluding hydrogens is 386 g/mol. The molecule has 2 aromatic carbocycles. The van der Waals surface area contributed by atoms with Gasteiger partial charge in [0.15, 0.2) is 6.10 Å². The van der Waals surface area contributed by atoms with Crippen molar-refractivity contribution >= 4 is 38.7 Å². The lowest BCUT2D eigenvalue weighted by Crippen LogP contribution is -2.45. The van der Waals surface area contributed by atoms with E-state index in [4.69, 9.17) is 4.74 Å². The van der Waals surface area contributed by atoms with Gasteiger partial charge in [-0.3, -0.25) is 14.9 Å². The summed E-state index contributed by atoms with van der Waals surface area (Å²) in [6.45, 7) is 2.61. The molecule has 0 fully saturated rings. The van der Waals surface area contributed by atoms with E-state index in [9.17, 15) is 22.8 Å². The molecule has 3 amide bonds. The molecule has 0 unspecified atom stereocenters. The van der Waals surface area contributed by atoms with Crippen LogP contribution in [0.5, 0.6) is 0 Å². The maximum Gasteiger partial charge on any atom is 0.321 e. The molecule has 3 N–H and O–H groups in total. The monoisotopic (exact) mass is 407 g/mol. The van der Waals surface area contributed by atoms with Gasteiger partial charge in [0.2, 0.25) is 10.0 Å². The third-order valence-electron chi connectivity index (χ3n) is 3.69. The molecule has 0 radical (unpaired) electrons. The summed E-state index contributed by atoms with van der Waals surface area (Å²) in [5, 5.41) is 5.98. The molecule has 28 heavy (non-hydrogen) atoms. The number of fused-ring (bicyclic) bond motifs is 1. The van der Waals surface area contributed by atoms with E-state index in [1.807, 2.05) is 17.4 Å². The van der Waals surface area contributed by atoms with Gasteiger partial charge < -0.3 is 10.1 Å². The fraction of sp³-hybridized carbons (Fsp3) is 0.278. The SMILES string of the molecule is CCNC(=O)NC(=O)[C@@H](C)OC(=O)CNS(=O)(=O)c1ccc2ccccc2c1. The predicted octanol–water partition coefficient (Wildman–Crippen LogP) is 0.896.